The zero-order valence-corrected chi connectivity index (χ0v) is 10.9. The fourth-order valence-electron chi connectivity index (χ4n) is 2.14. The van der Waals surface area contributed by atoms with Gasteiger partial charge in [0.15, 0.2) is 0 Å². The summed E-state index contributed by atoms with van der Waals surface area (Å²) in [5.41, 5.74) is 2.17. The number of rotatable bonds is 3. The van der Waals surface area contributed by atoms with Crippen molar-refractivity contribution >= 4 is 5.91 Å². The second-order valence-corrected chi connectivity index (χ2v) is 5.37. The molecule has 1 heterocycles. The molecule has 1 aromatic carbocycles. The average Bonchev–Trinajstić information content (AvgIpc) is 2.34. The van der Waals surface area contributed by atoms with E-state index in [2.05, 4.69) is 10.6 Å². The van der Waals surface area contributed by atoms with Gasteiger partial charge in [0.05, 0.1) is 5.60 Å². The first-order chi connectivity index (χ1) is 8.47. The molecule has 0 atom stereocenters. The van der Waals surface area contributed by atoms with E-state index < -0.39 is 5.60 Å². The minimum absolute atomic E-state index is 0.101. The smallest absolute Gasteiger partial charge is 0.251 e. The normalized spacial score (nSPS) is 15.1. The number of aliphatic hydroxyl groups is 1. The van der Waals surface area contributed by atoms with Crippen LogP contribution in [0.25, 0.3) is 0 Å². The lowest BCUT2D eigenvalue weighted by Gasteiger charge is -2.21. The van der Waals surface area contributed by atoms with Gasteiger partial charge in [0, 0.05) is 18.7 Å². The summed E-state index contributed by atoms with van der Waals surface area (Å²) >= 11 is 0. The Kier molecular flexibility index (Phi) is 3.68. The monoisotopic (exact) mass is 248 g/mol. The summed E-state index contributed by atoms with van der Waals surface area (Å²) in [7, 11) is 0. The number of benzene rings is 1. The molecule has 1 aliphatic heterocycles. The number of amides is 1. The molecule has 0 saturated heterocycles. The number of hydrogen-bond acceptors (Lipinski definition) is 3. The van der Waals surface area contributed by atoms with Crippen molar-refractivity contribution in [3.63, 3.8) is 0 Å². The first-order valence-electron chi connectivity index (χ1n) is 6.29. The molecule has 1 aliphatic rings. The Hall–Kier alpha value is -1.39. The van der Waals surface area contributed by atoms with Crippen molar-refractivity contribution in [3.05, 3.63) is 34.9 Å². The predicted molar refractivity (Wildman–Crippen MR) is 70.5 cm³/mol. The molecule has 2 rings (SSSR count). The van der Waals surface area contributed by atoms with Gasteiger partial charge in [0.2, 0.25) is 0 Å². The summed E-state index contributed by atoms with van der Waals surface area (Å²) < 4.78 is 0. The summed E-state index contributed by atoms with van der Waals surface area (Å²) in [4.78, 5) is 12.1. The third-order valence-corrected chi connectivity index (χ3v) is 3.07. The van der Waals surface area contributed by atoms with Crippen molar-refractivity contribution in [1.29, 1.82) is 0 Å². The fourth-order valence-corrected chi connectivity index (χ4v) is 2.14. The molecule has 0 aliphatic carbocycles. The molecule has 0 bridgehead atoms. The van der Waals surface area contributed by atoms with E-state index in [9.17, 15) is 9.90 Å². The van der Waals surface area contributed by atoms with E-state index in [-0.39, 0.29) is 12.5 Å². The van der Waals surface area contributed by atoms with Crippen LogP contribution in [-0.2, 0) is 13.0 Å². The maximum atomic E-state index is 12.1. The zero-order valence-electron chi connectivity index (χ0n) is 10.9. The van der Waals surface area contributed by atoms with Crippen molar-refractivity contribution in [1.82, 2.24) is 10.6 Å². The van der Waals surface area contributed by atoms with Crippen LogP contribution in [0.1, 0.15) is 35.3 Å². The summed E-state index contributed by atoms with van der Waals surface area (Å²) in [5, 5.41) is 15.7. The zero-order chi connectivity index (χ0) is 13.2. The molecule has 0 radical (unpaired) electrons. The van der Waals surface area contributed by atoms with Gasteiger partial charge in [-0.3, -0.25) is 4.79 Å². The highest BCUT2D eigenvalue weighted by Crippen LogP contribution is 2.18. The van der Waals surface area contributed by atoms with Crippen LogP contribution in [-0.4, -0.2) is 29.7 Å². The maximum Gasteiger partial charge on any atom is 0.251 e. The Morgan fingerprint density at radius 3 is 3.00 bits per heavy atom. The highest BCUT2D eigenvalue weighted by Gasteiger charge is 2.19. The molecule has 3 N–H and O–H groups in total. The second kappa shape index (κ2) is 5.08. The molecular weight excluding hydrogens is 228 g/mol. The van der Waals surface area contributed by atoms with Crippen LogP contribution in [0.2, 0.25) is 0 Å². The van der Waals surface area contributed by atoms with Gasteiger partial charge in [-0.15, -0.1) is 0 Å². The second-order valence-electron chi connectivity index (χ2n) is 5.37. The van der Waals surface area contributed by atoms with Crippen molar-refractivity contribution < 1.29 is 9.90 Å². The van der Waals surface area contributed by atoms with E-state index >= 15 is 0 Å². The van der Waals surface area contributed by atoms with Crippen molar-refractivity contribution in [3.8, 4) is 0 Å². The summed E-state index contributed by atoms with van der Waals surface area (Å²) in [6.07, 6.45) is 0.876. The lowest BCUT2D eigenvalue weighted by Crippen LogP contribution is -2.39. The van der Waals surface area contributed by atoms with Crippen LogP contribution in [0, 0.1) is 0 Å². The van der Waals surface area contributed by atoms with E-state index in [1.165, 1.54) is 5.56 Å². The Labute approximate surface area is 107 Å². The number of hydrogen-bond donors (Lipinski definition) is 3. The Bertz CT molecular complexity index is 450. The van der Waals surface area contributed by atoms with Gasteiger partial charge in [-0.1, -0.05) is 12.1 Å². The molecular formula is C14H20N2O2. The van der Waals surface area contributed by atoms with Crippen LogP contribution < -0.4 is 10.6 Å². The molecule has 18 heavy (non-hydrogen) atoms. The third kappa shape index (κ3) is 3.09. The lowest BCUT2D eigenvalue weighted by molar-refractivity contribution is 0.0693. The largest absolute Gasteiger partial charge is 0.389 e. The Morgan fingerprint density at radius 1 is 1.50 bits per heavy atom. The Balaban J connectivity index is 2.15. The summed E-state index contributed by atoms with van der Waals surface area (Å²) in [5.74, 6) is -0.101. The molecule has 0 fully saturated rings. The van der Waals surface area contributed by atoms with Gasteiger partial charge in [-0.2, -0.15) is 0 Å². The first-order valence-corrected chi connectivity index (χ1v) is 6.29. The first kappa shape index (κ1) is 13.1. The van der Waals surface area contributed by atoms with Gasteiger partial charge < -0.3 is 15.7 Å². The average molecular weight is 248 g/mol. The molecule has 0 spiro atoms. The fraction of sp³-hybridized carbons (Fsp3) is 0.500. The van der Waals surface area contributed by atoms with Gasteiger partial charge >= 0.3 is 0 Å². The summed E-state index contributed by atoms with van der Waals surface area (Å²) in [6, 6.07) is 5.81. The van der Waals surface area contributed by atoms with Gasteiger partial charge in [-0.25, -0.2) is 0 Å². The molecule has 0 unspecified atom stereocenters. The van der Waals surface area contributed by atoms with Crippen LogP contribution in [0.15, 0.2) is 18.2 Å². The highest BCUT2D eigenvalue weighted by atomic mass is 16.3. The van der Waals surface area contributed by atoms with E-state index in [1.54, 1.807) is 13.8 Å². The quantitative estimate of drug-likeness (QED) is 0.742. The van der Waals surface area contributed by atoms with Crippen molar-refractivity contribution in [2.24, 2.45) is 0 Å². The van der Waals surface area contributed by atoms with E-state index in [4.69, 9.17) is 0 Å². The van der Waals surface area contributed by atoms with Gasteiger partial charge in [0.25, 0.3) is 5.91 Å². The number of fused-ring (bicyclic) bond motifs is 1. The number of nitrogens with one attached hydrogen (secondary N) is 2. The predicted octanol–water partition coefficient (Wildman–Crippen LogP) is 0.833. The van der Waals surface area contributed by atoms with Gasteiger partial charge in [-0.05, 0) is 44.0 Å². The van der Waals surface area contributed by atoms with Crippen LogP contribution in [0.4, 0.5) is 0 Å². The molecule has 1 amide bonds. The third-order valence-electron chi connectivity index (χ3n) is 3.07. The molecule has 4 heteroatoms. The minimum atomic E-state index is -0.883. The van der Waals surface area contributed by atoms with Crippen molar-refractivity contribution in [2.45, 2.75) is 32.4 Å². The molecule has 0 saturated carbocycles. The molecule has 0 aromatic heterocycles. The van der Waals surface area contributed by atoms with Crippen LogP contribution in [0.3, 0.4) is 0 Å². The summed E-state index contributed by atoms with van der Waals surface area (Å²) in [6.45, 7) is 5.34. The van der Waals surface area contributed by atoms with Gasteiger partial charge in [0.1, 0.15) is 0 Å². The van der Waals surface area contributed by atoms with E-state index in [1.807, 2.05) is 18.2 Å². The van der Waals surface area contributed by atoms with E-state index in [0.717, 1.165) is 30.6 Å². The Morgan fingerprint density at radius 2 is 2.28 bits per heavy atom. The lowest BCUT2D eigenvalue weighted by atomic mass is 9.95. The molecule has 98 valence electrons. The minimum Gasteiger partial charge on any atom is -0.389 e. The standard InChI is InChI=1S/C14H20N2O2/c1-14(2,18)9-16-13(17)12-5-3-4-10-8-15-7-6-11(10)12/h3-5,15,18H,6-9H2,1-2H3,(H,16,17). The maximum absolute atomic E-state index is 12.1. The number of carbonyl (C=O) groups is 1. The van der Waals surface area contributed by atoms with Crippen LogP contribution in [0.5, 0.6) is 0 Å². The highest BCUT2D eigenvalue weighted by molar-refractivity contribution is 5.96. The molecule has 4 nitrogen and oxygen atoms in total. The van der Waals surface area contributed by atoms with Crippen molar-refractivity contribution in [2.75, 3.05) is 13.1 Å². The topological polar surface area (TPSA) is 61.4 Å². The van der Waals surface area contributed by atoms with E-state index in [0.29, 0.717) is 0 Å². The number of carbonyl (C=O) groups excluding carboxylic acids is 1. The molecule has 1 aromatic rings. The SMILES string of the molecule is CC(C)(O)CNC(=O)c1cccc2c1CCNC2. The van der Waals surface area contributed by atoms with Crippen LogP contribution >= 0.6 is 0 Å².